The number of hydrogen-bond donors (Lipinski definition) is 0. The quantitative estimate of drug-likeness (QED) is 0.168. The van der Waals surface area contributed by atoms with Crippen LogP contribution in [0.25, 0.3) is 16.7 Å². The predicted molar refractivity (Wildman–Crippen MR) is 178 cm³/mol. The van der Waals surface area contributed by atoms with Crippen molar-refractivity contribution in [2.45, 2.75) is 72.6 Å². The predicted octanol–water partition coefficient (Wildman–Crippen LogP) is 10.6. The molecule has 0 saturated heterocycles. The normalized spacial score (nSPS) is 15.2. The molecule has 2 aliphatic rings. The van der Waals surface area contributed by atoms with Gasteiger partial charge in [0.15, 0.2) is 0 Å². The van der Waals surface area contributed by atoms with Crippen molar-refractivity contribution >= 4 is 9.28 Å². The Balaban J connectivity index is 0.000000163. The molecule has 0 fully saturated rings. The van der Waals surface area contributed by atoms with Crippen LogP contribution in [0.3, 0.4) is 0 Å². The van der Waals surface area contributed by atoms with Crippen LogP contribution in [0.2, 0.25) is 0 Å². The van der Waals surface area contributed by atoms with Crippen LogP contribution in [-0.2, 0) is 41.5 Å². The molecule has 0 radical (unpaired) electrons. The molecule has 0 aromatic heterocycles. The fraction of sp³-hybridized carbons (Fsp3) is 0.293. The van der Waals surface area contributed by atoms with E-state index >= 15 is 0 Å². The number of hydrogen-bond acceptors (Lipinski definition) is 0. The fourth-order valence-corrected chi connectivity index (χ4v) is 5.78. The number of rotatable bonds is 2. The number of halogens is 1. The van der Waals surface area contributed by atoms with Gasteiger partial charge < -0.3 is 0 Å². The summed E-state index contributed by atoms with van der Waals surface area (Å²) in [6.07, 6.45) is 6.69. The summed E-state index contributed by atoms with van der Waals surface area (Å²) in [4.78, 5) is 0. The summed E-state index contributed by atoms with van der Waals surface area (Å²) in [7, 11) is 0. The molecule has 0 nitrogen and oxygen atoms in total. The zero-order valence-electron chi connectivity index (χ0n) is 26.9. The van der Waals surface area contributed by atoms with Gasteiger partial charge in [0.25, 0.3) is 0 Å². The van der Waals surface area contributed by atoms with E-state index in [9.17, 15) is 4.39 Å². The van der Waals surface area contributed by atoms with Crippen LogP contribution in [0, 0.1) is 23.9 Å². The fourth-order valence-electron chi connectivity index (χ4n) is 5.31. The maximum absolute atomic E-state index is 12.2. The molecule has 2 heteroatoms. The molecule has 0 aliphatic heterocycles. The van der Waals surface area contributed by atoms with E-state index in [0.29, 0.717) is 5.92 Å². The molecule has 6 rings (SSSR count). The van der Waals surface area contributed by atoms with E-state index in [2.05, 4.69) is 128 Å². The molecule has 1 unspecified atom stereocenters. The molecule has 4 aromatic rings. The topological polar surface area (TPSA) is 0 Å². The summed E-state index contributed by atoms with van der Waals surface area (Å²) in [5.74, 6) is 0.298. The second-order valence-electron chi connectivity index (χ2n) is 13.5. The van der Waals surface area contributed by atoms with Crippen LogP contribution >= 0.6 is 0 Å². The molecule has 1 atom stereocenters. The molecule has 0 amide bonds. The molecular formula is C41H43FZr. The Kier molecular flexibility index (Phi) is 10.6. The Bertz CT molecular complexity index is 1560. The number of allylic oxidation sites excluding steroid dienone is 4. The SMILES string of the molecule is CC(C)(C)c1c[c-]c2c(c1)-c1cc(C(C)(C)C)ccc1C2.CC1=[C-]C(C)C=C1c1ccccc1.Fc1ccc([CH]=[Zr+2])cc1. The Morgan fingerprint density at radius 2 is 1.44 bits per heavy atom. The van der Waals surface area contributed by atoms with Crippen LogP contribution in [0.5, 0.6) is 0 Å². The van der Waals surface area contributed by atoms with E-state index in [4.69, 9.17) is 0 Å². The molecule has 0 N–H and O–H groups in total. The molecule has 218 valence electrons. The molecular weight excluding hydrogens is 603 g/mol. The van der Waals surface area contributed by atoms with Gasteiger partial charge in [-0.25, -0.2) is 5.57 Å². The van der Waals surface area contributed by atoms with Gasteiger partial charge in [-0.2, -0.15) is 41.0 Å². The molecule has 4 aromatic carbocycles. The van der Waals surface area contributed by atoms with Crippen molar-refractivity contribution in [3.8, 4) is 11.1 Å². The second kappa shape index (κ2) is 13.8. The van der Waals surface area contributed by atoms with Gasteiger partial charge in [0.1, 0.15) is 0 Å². The van der Waals surface area contributed by atoms with Crippen molar-refractivity contribution in [1.82, 2.24) is 0 Å². The van der Waals surface area contributed by atoms with Crippen molar-refractivity contribution in [3.63, 3.8) is 0 Å². The first-order valence-electron chi connectivity index (χ1n) is 15.1. The van der Waals surface area contributed by atoms with Crippen molar-refractivity contribution in [1.29, 1.82) is 0 Å². The van der Waals surface area contributed by atoms with Crippen molar-refractivity contribution in [2.75, 3.05) is 0 Å². The Hall–Kier alpha value is -2.96. The van der Waals surface area contributed by atoms with Gasteiger partial charge in [-0.3, -0.25) is 6.08 Å². The van der Waals surface area contributed by atoms with Crippen LogP contribution in [0.1, 0.15) is 88.8 Å². The first-order valence-corrected chi connectivity index (χ1v) is 16.5. The molecule has 0 saturated carbocycles. The zero-order valence-corrected chi connectivity index (χ0v) is 29.4. The van der Waals surface area contributed by atoms with Crippen molar-refractivity contribution in [3.05, 3.63) is 148 Å². The third-order valence-electron chi connectivity index (χ3n) is 7.91. The van der Waals surface area contributed by atoms with Crippen LogP contribution in [0.4, 0.5) is 4.39 Å². The van der Waals surface area contributed by atoms with Gasteiger partial charge in [0, 0.05) is 0 Å². The third kappa shape index (κ3) is 8.57. The maximum atomic E-state index is 12.2. The molecule has 0 bridgehead atoms. The van der Waals surface area contributed by atoms with Gasteiger partial charge in [-0.15, -0.1) is 11.1 Å². The second-order valence-corrected chi connectivity index (χ2v) is 14.2. The summed E-state index contributed by atoms with van der Waals surface area (Å²) < 4.78 is 14.2. The molecule has 0 heterocycles. The first kappa shape index (κ1) is 32.9. The number of fused-ring (bicyclic) bond motifs is 3. The Labute approximate surface area is 274 Å². The summed E-state index contributed by atoms with van der Waals surface area (Å²) in [5, 5.41) is 0. The van der Waals surface area contributed by atoms with Crippen LogP contribution < -0.4 is 0 Å². The summed E-state index contributed by atoms with van der Waals surface area (Å²) >= 11 is 1.34. The van der Waals surface area contributed by atoms with Crippen molar-refractivity contribution < 1.29 is 28.6 Å². The van der Waals surface area contributed by atoms with Crippen LogP contribution in [-0.4, -0.2) is 3.71 Å². The summed E-state index contributed by atoms with van der Waals surface area (Å²) in [5.41, 5.74) is 13.8. The van der Waals surface area contributed by atoms with Gasteiger partial charge in [-0.1, -0.05) is 126 Å². The van der Waals surface area contributed by atoms with Crippen LogP contribution in [0.15, 0.2) is 96.6 Å². The van der Waals surface area contributed by atoms with E-state index in [1.165, 1.54) is 86.5 Å². The van der Waals surface area contributed by atoms with E-state index in [1.807, 2.05) is 9.78 Å². The van der Waals surface area contributed by atoms with E-state index in [1.54, 1.807) is 12.1 Å². The van der Waals surface area contributed by atoms with Gasteiger partial charge in [-0.05, 0) is 17.4 Å². The molecule has 0 spiro atoms. The zero-order chi connectivity index (χ0) is 31.4. The summed E-state index contributed by atoms with van der Waals surface area (Å²) in [6.45, 7) is 17.9. The first-order chi connectivity index (χ1) is 20.3. The Morgan fingerprint density at radius 1 is 0.814 bits per heavy atom. The average molecular weight is 646 g/mol. The standard InChI is InChI=1S/C21H25.C13H13.C7H5F.Zr/c1-20(2,3)16-9-7-14-11-15-8-10-17(21(4,5)6)13-19(15)18(14)12-16;1-10-8-11(2)13(9-10)12-6-4-3-5-7-12;1-6-2-4-7(8)5-3-6;/h7,9-10,12-13H,11H2,1-6H3;3-7,9-10H,1-2H3;1-5H;/q2*-1;;+2. The van der Waals surface area contributed by atoms with Gasteiger partial charge in [0.2, 0.25) is 0 Å². The van der Waals surface area contributed by atoms with Crippen molar-refractivity contribution in [2.24, 2.45) is 5.92 Å². The van der Waals surface area contributed by atoms with E-state index < -0.39 is 0 Å². The Morgan fingerprint density at radius 3 is 2.00 bits per heavy atom. The van der Waals surface area contributed by atoms with Gasteiger partial charge >= 0.3 is 68.0 Å². The molecule has 43 heavy (non-hydrogen) atoms. The monoisotopic (exact) mass is 644 g/mol. The average Bonchev–Trinajstić information content (AvgIpc) is 3.51. The number of benzene rings is 4. The molecule has 2 aliphatic carbocycles. The third-order valence-corrected chi connectivity index (χ3v) is 8.73. The minimum atomic E-state index is -0.170. The van der Waals surface area contributed by atoms with Gasteiger partial charge in [0.05, 0.1) is 0 Å². The van der Waals surface area contributed by atoms with E-state index in [-0.39, 0.29) is 16.6 Å². The minimum absolute atomic E-state index is 0.170. The van der Waals surface area contributed by atoms with E-state index in [0.717, 1.165) is 12.0 Å². The summed E-state index contributed by atoms with van der Waals surface area (Å²) in [6, 6.07) is 32.0.